The minimum Gasteiger partial charge on any atom is -0.481 e. The van der Waals surface area contributed by atoms with E-state index in [1.807, 2.05) is 11.8 Å². The van der Waals surface area contributed by atoms with Gasteiger partial charge in [-0.15, -0.1) is 0 Å². The Morgan fingerprint density at radius 2 is 2.30 bits per heavy atom. The van der Waals surface area contributed by atoms with Crippen molar-refractivity contribution in [2.75, 3.05) is 24.7 Å². The number of carboxylic acids is 1. The molecule has 0 radical (unpaired) electrons. The fourth-order valence-corrected chi connectivity index (χ4v) is 5.37. The van der Waals surface area contributed by atoms with Gasteiger partial charge in [-0.05, 0) is 50.3 Å². The fraction of sp³-hybridized carbons (Fsp3) is 0.933. The number of thioether (sulfide) groups is 1. The largest absolute Gasteiger partial charge is 0.481 e. The van der Waals surface area contributed by atoms with Crippen molar-refractivity contribution < 1.29 is 14.6 Å². The lowest BCUT2D eigenvalue weighted by Gasteiger charge is -2.38. The third kappa shape index (κ3) is 3.15. The molecule has 114 valence electrons. The van der Waals surface area contributed by atoms with Crippen LogP contribution in [0, 0.1) is 11.8 Å². The maximum atomic E-state index is 11.2. The Labute approximate surface area is 125 Å². The highest BCUT2D eigenvalue weighted by Gasteiger charge is 2.41. The molecule has 5 heteroatoms. The first-order valence-electron chi connectivity index (χ1n) is 7.86. The van der Waals surface area contributed by atoms with Crippen molar-refractivity contribution in [2.24, 2.45) is 11.8 Å². The molecule has 3 aliphatic rings. The van der Waals surface area contributed by atoms with Crippen LogP contribution in [0.2, 0.25) is 0 Å². The molecule has 0 bridgehead atoms. The van der Waals surface area contributed by atoms with E-state index in [9.17, 15) is 9.90 Å². The van der Waals surface area contributed by atoms with Crippen LogP contribution in [0.4, 0.5) is 0 Å². The Morgan fingerprint density at radius 3 is 3.05 bits per heavy atom. The molecule has 3 fully saturated rings. The second-order valence-corrected chi connectivity index (χ2v) is 7.67. The Balaban J connectivity index is 1.49. The number of nitrogens with one attached hydrogen (secondary N) is 1. The number of carbonyl (C=O) groups is 1. The van der Waals surface area contributed by atoms with Crippen molar-refractivity contribution in [3.63, 3.8) is 0 Å². The Morgan fingerprint density at radius 1 is 1.40 bits per heavy atom. The van der Waals surface area contributed by atoms with Crippen LogP contribution < -0.4 is 5.32 Å². The highest BCUT2D eigenvalue weighted by atomic mass is 32.2. The predicted molar refractivity (Wildman–Crippen MR) is 80.1 cm³/mol. The summed E-state index contributed by atoms with van der Waals surface area (Å²) < 4.78 is 6.03. The molecular formula is C15H25NO3S. The molecule has 1 spiro atoms. The lowest BCUT2D eigenvalue weighted by Crippen LogP contribution is -2.48. The standard InChI is InChI=1S/C15H25NO3S/c17-14(18)13-3-1-2-11(13)9-16-12-4-6-19-15(8-12)5-7-20-10-15/h11-13,16H,1-10H2,(H,17,18). The van der Waals surface area contributed by atoms with Crippen molar-refractivity contribution >= 4 is 17.7 Å². The number of aliphatic carboxylic acids is 1. The van der Waals surface area contributed by atoms with E-state index < -0.39 is 5.97 Å². The van der Waals surface area contributed by atoms with Crippen molar-refractivity contribution in [3.8, 4) is 0 Å². The van der Waals surface area contributed by atoms with Gasteiger partial charge in [-0.25, -0.2) is 0 Å². The van der Waals surface area contributed by atoms with Crippen LogP contribution >= 0.6 is 11.8 Å². The SMILES string of the molecule is O=C(O)C1CCCC1CNC1CCOC2(CCSC2)C1. The van der Waals surface area contributed by atoms with Crippen molar-refractivity contribution in [3.05, 3.63) is 0 Å². The number of ether oxygens (including phenoxy) is 1. The van der Waals surface area contributed by atoms with Gasteiger partial charge >= 0.3 is 5.97 Å². The van der Waals surface area contributed by atoms with Crippen LogP contribution in [0.15, 0.2) is 0 Å². The Hall–Kier alpha value is -0.260. The summed E-state index contributed by atoms with van der Waals surface area (Å²) in [6.07, 6.45) is 6.33. The summed E-state index contributed by atoms with van der Waals surface area (Å²) >= 11 is 2.00. The van der Waals surface area contributed by atoms with E-state index in [0.29, 0.717) is 12.0 Å². The molecule has 0 amide bonds. The summed E-state index contributed by atoms with van der Waals surface area (Å²) in [4.78, 5) is 11.2. The van der Waals surface area contributed by atoms with Gasteiger partial charge in [-0.1, -0.05) is 6.42 Å². The normalized spacial score (nSPS) is 41.3. The average molecular weight is 299 g/mol. The molecular weight excluding hydrogens is 274 g/mol. The van der Waals surface area contributed by atoms with E-state index >= 15 is 0 Å². The van der Waals surface area contributed by atoms with Gasteiger partial charge in [0.25, 0.3) is 0 Å². The zero-order chi connectivity index (χ0) is 14.0. The molecule has 20 heavy (non-hydrogen) atoms. The Kier molecular flexibility index (Phi) is 4.58. The molecule has 2 heterocycles. The third-order valence-electron chi connectivity index (χ3n) is 5.21. The molecule has 2 saturated heterocycles. The third-order valence-corrected chi connectivity index (χ3v) is 6.43. The van der Waals surface area contributed by atoms with Gasteiger partial charge in [0.1, 0.15) is 0 Å². The summed E-state index contributed by atoms with van der Waals surface area (Å²) in [6.45, 7) is 1.72. The Bertz CT molecular complexity index is 357. The van der Waals surface area contributed by atoms with Crippen LogP contribution in [-0.4, -0.2) is 47.4 Å². The lowest BCUT2D eigenvalue weighted by atomic mass is 9.89. The first-order valence-corrected chi connectivity index (χ1v) is 9.02. The van der Waals surface area contributed by atoms with E-state index in [1.165, 1.54) is 12.2 Å². The molecule has 2 aliphatic heterocycles. The fourth-order valence-electron chi connectivity index (χ4n) is 3.99. The average Bonchev–Trinajstić information content (AvgIpc) is 3.06. The lowest BCUT2D eigenvalue weighted by molar-refractivity contribution is -0.143. The molecule has 4 unspecified atom stereocenters. The van der Waals surface area contributed by atoms with Gasteiger partial charge in [0, 0.05) is 18.4 Å². The molecule has 0 aromatic heterocycles. The van der Waals surface area contributed by atoms with Crippen LogP contribution in [0.3, 0.4) is 0 Å². The molecule has 1 saturated carbocycles. The van der Waals surface area contributed by atoms with E-state index in [-0.39, 0.29) is 11.5 Å². The highest BCUT2D eigenvalue weighted by molar-refractivity contribution is 7.99. The van der Waals surface area contributed by atoms with E-state index in [0.717, 1.165) is 51.0 Å². The van der Waals surface area contributed by atoms with Crippen molar-refractivity contribution in [1.29, 1.82) is 0 Å². The van der Waals surface area contributed by atoms with Crippen LogP contribution in [0.25, 0.3) is 0 Å². The number of rotatable bonds is 4. The smallest absolute Gasteiger partial charge is 0.306 e. The number of hydrogen-bond acceptors (Lipinski definition) is 4. The summed E-state index contributed by atoms with van der Waals surface area (Å²) in [5, 5.41) is 12.9. The summed E-state index contributed by atoms with van der Waals surface area (Å²) in [5.74, 6) is 1.94. The minimum absolute atomic E-state index is 0.114. The van der Waals surface area contributed by atoms with E-state index in [2.05, 4.69) is 5.32 Å². The molecule has 2 N–H and O–H groups in total. The van der Waals surface area contributed by atoms with Crippen molar-refractivity contribution in [2.45, 2.75) is 50.2 Å². The number of hydrogen-bond donors (Lipinski definition) is 2. The second kappa shape index (κ2) is 6.24. The zero-order valence-electron chi connectivity index (χ0n) is 12.0. The second-order valence-electron chi connectivity index (χ2n) is 6.57. The first kappa shape index (κ1) is 14.7. The molecule has 3 rings (SSSR count). The highest BCUT2D eigenvalue weighted by Crippen LogP contribution is 2.38. The maximum absolute atomic E-state index is 11.2. The van der Waals surface area contributed by atoms with Gasteiger partial charge in [0.15, 0.2) is 0 Å². The summed E-state index contributed by atoms with van der Waals surface area (Å²) in [5.41, 5.74) is 0.114. The zero-order valence-corrected chi connectivity index (χ0v) is 12.8. The molecule has 0 aromatic carbocycles. The van der Waals surface area contributed by atoms with Crippen LogP contribution in [0.5, 0.6) is 0 Å². The molecule has 1 aliphatic carbocycles. The molecule has 4 atom stereocenters. The molecule has 0 aromatic rings. The van der Waals surface area contributed by atoms with E-state index in [4.69, 9.17) is 4.74 Å². The molecule has 4 nitrogen and oxygen atoms in total. The van der Waals surface area contributed by atoms with E-state index in [1.54, 1.807) is 0 Å². The van der Waals surface area contributed by atoms with Gasteiger partial charge in [0.05, 0.1) is 11.5 Å². The quantitative estimate of drug-likeness (QED) is 0.833. The number of carboxylic acid groups (broad SMARTS) is 1. The maximum Gasteiger partial charge on any atom is 0.306 e. The van der Waals surface area contributed by atoms with Crippen LogP contribution in [-0.2, 0) is 9.53 Å². The van der Waals surface area contributed by atoms with Gasteiger partial charge in [-0.3, -0.25) is 4.79 Å². The van der Waals surface area contributed by atoms with Gasteiger partial charge in [0.2, 0.25) is 0 Å². The van der Waals surface area contributed by atoms with Gasteiger partial charge in [-0.2, -0.15) is 11.8 Å². The van der Waals surface area contributed by atoms with Gasteiger partial charge < -0.3 is 15.2 Å². The summed E-state index contributed by atoms with van der Waals surface area (Å²) in [7, 11) is 0. The van der Waals surface area contributed by atoms with Crippen LogP contribution in [0.1, 0.15) is 38.5 Å². The predicted octanol–water partition coefficient (Wildman–Crippen LogP) is 2.13. The first-order chi connectivity index (χ1) is 9.69. The topological polar surface area (TPSA) is 58.6 Å². The van der Waals surface area contributed by atoms with Crippen molar-refractivity contribution in [1.82, 2.24) is 5.32 Å². The summed E-state index contributed by atoms with van der Waals surface area (Å²) in [6, 6.07) is 0.512. The minimum atomic E-state index is -0.607. The monoisotopic (exact) mass is 299 g/mol.